The van der Waals surface area contributed by atoms with Crippen molar-refractivity contribution in [2.75, 3.05) is 0 Å². The summed E-state index contributed by atoms with van der Waals surface area (Å²) in [6.45, 7) is 3.29. The fraction of sp³-hybridized carbons (Fsp3) is 0.174. The van der Waals surface area contributed by atoms with Gasteiger partial charge in [0.25, 0.3) is 0 Å². The molecule has 0 bridgehead atoms. The van der Waals surface area contributed by atoms with Crippen molar-refractivity contribution in [3.05, 3.63) is 98.2 Å². The van der Waals surface area contributed by atoms with Crippen molar-refractivity contribution in [3.8, 4) is 0 Å². The van der Waals surface area contributed by atoms with Gasteiger partial charge in [-0.15, -0.1) is 0 Å². The summed E-state index contributed by atoms with van der Waals surface area (Å²) in [5, 5.41) is 6.92. The number of carbonyl (C=O) groups is 2. The second kappa shape index (κ2) is 10.1. The first-order chi connectivity index (χ1) is 14.7. The molecule has 2 atom stereocenters. The molecule has 0 fully saturated rings. The highest BCUT2D eigenvalue weighted by Gasteiger charge is 2.26. The second-order valence-corrected chi connectivity index (χ2v) is 8.31. The Labute approximate surface area is 195 Å². The number of benzene rings is 2. The molecule has 0 aliphatic rings. The van der Waals surface area contributed by atoms with Gasteiger partial charge in [-0.2, -0.15) is 0 Å². The van der Waals surface area contributed by atoms with Crippen LogP contribution in [0.4, 0.5) is 0 Å². The van der Waals surface area contributed by atoms with Gasteiger partial charge in [0.15, 0.2) is 0 Å². The summed E-state index contributed by atoms with van der Waals surface area (Å²) in [4.78, 5) is 29.5. The standard InChI is InChI=1S/C23H20Cl3N3O2/c1-13-4-3-5-15(10-13)22(28-14(2)30)23(31)29-21(20-9-7-17(24)12-27-20)16-6-8-18(25)19(26)11-16/h3-12,21-22H,1-2H3,(H,28,30)(H,29,31). The van der Waals surface area contributed by atoms with Crippen LogP contribution in [0.1, 0.15) is 41.4 Å². The first-order valence-electron chi connectivity index (χ1n) is 9.45. The fourth-order valence-corrected chi connectivity index (χ4v) is 3.58. The molecular formula is C23H20Cl3N3O2. The molecule has 2 unspecified atom stereocenters. The normalized spacial score (nSPS) is 12.7. The highest BCUT2D eigenvalue weighted by Crippen LogP contribution is 2.29. The molecule has 31 heavy (non-hydrogen) atoms. The number of hydrogen-bond donors (Lipinski definition) is 2. The number of aromatic nitrogens is 1. The highest BCUT2D eigenvalue weighted by atomic mass is 35.5. The van der Waals surface area contributed by atoms with E-state index in [4.69, 9.17) is 34.8 Å². The summed E-state index contributed by atoms with van der Waals surface area (Å²) in [6.07, 6.45) is 1.50. The molecular weight excluding hydrogens is 457 g/mol. The summed E-state index contributed by atoms with van der Waals surface area (Å²) in [5.41, 5.74) is 2.89. The van der Waals surface area contributed by atoms with Gasteiger partial charge in [0.05, 0.1) is 26.8 Å². The van der Waals surface area contributed by atoms with E-state index in [0.717, 1.165) is 5.56 Å². The predicted octanol–water partition coefficient (Wildman–Crippen LogP) is 5.43. The van der Waals surface area contributed by atoms with E-state index in [1.165, 1.54) is 13.1 Å². The molecule has 3 rings (SSSR count). The SMILES string of the molecule is CC(=O)NC(C(=O)NC(c1ccc(Cl)c(Cl)c1)c1ccc(Cl)cn1)c1cccc(C)c1. The molecule has 2 N–H and O–H groups in total. The van der Waals surface area contributed by atoms with Crippen molar-refractivity contribution >= 4 is 46.6 Å². The summed E-state index contributed by atoms with van der Waals surface area (Å²) in [5.74, 6) is -0.717. The van der Waals surface area contributed by atoms with Gasteiger partial charge in [0.2, 0.25) is 11.8 Å². The zero-order chi connectivity index (χ0) is 22.5. The summed E-state index contributed by atoms with van der Waals surface area (Å²) < 4.78 is 0. The Morgan fingerprint density at radius 1 is 0.903 bits per heavy atom. The number of halogens is 3. The van der Waals surface area contributed by atoms with Crippen LogP contribution < -0.4 is 10.6 Å². The van der Waals surface area contributed by atoms with Gasteiger partial charge < -0.3 is 10.6 Å². The molecule has 1 aromatic heterocycles. The Balaban J connectivity index is 1.99. The smallest absolute Gasteiger partial charge is 0.248 e. The monoisotopic (exact) mass is 475 g/mol. The van der Waals surface area contributed by atoms with E-state index >= 15 is 0 Å². The molecule has 5 nitrogen and oxygen atoms in total. The number of pyridine rings is 1. The van der Waals surface area contributed by atoms with Crippen molar-refractivity contribution in [1.82, 2.24) is 15.6 Å². The lowest BCUT2D eigenvalue weighted by molar-refractivity contribution is -0.128. The second-order valence-electron chi connectivity index (χ2n) is 7.06. The number of nitrogens with one attached hydrogen (secondary N) is 2. The van der Waals surface area contributed by atoms with Gasteiger partial charge in [-0.25, -0.2) is 0 Å². The minimum Gasteiger partial charge on any atom is -0.342 e. The van der Waals surface area contributed by atoms with Crippen molar-refractivity contribution in [2.45, 2.75) is 25.9 Å². The average molecular weight is 477 g/mol. The molecule has 0 aliphatic carbocycles. The molecule has 2 amide bonds. The molecule has 1 heterocycles. The minimum atomic E-state index is -0.880. The van der Waals surface area contributed by atoms with Crippen molar-refractivity contribution in [1.29, 1.82) is 0 Å². The number of hydrogen-bond acceptors (Lipinski definition) is 3. The Bertz CT molecular complexity index is 1100. The molecule has 160 valence electrons. The largest absolute Gasteiger partial charge is 0.342 e. The Morgan fingerprint density at radius 2 is 1.68 bits per heavy atom. The molecule has 3 aromatic rings. The van der Waals surface area contributed by atoms with Crippen LogP contribution in [0.25, 0.3) is 0 Å². The first kappa shape index (κ1) is 23.1. The van der Waals surface area contributed by atoms with Crippen LogP contribution in [-0.4, -0.2) is 16.8 Å². The van der Waals surface area contributed by atoms with Crippen LogP contribution >= 0.6 is 34.8 Å². The van der Waals surface area contributed by atoms with Crippen LogP contribution in [0, 0.1) is 6.92 Å². The first-order valence-corrected chi connectivity index (χ1v) is 10.6. The third kappa shape index (κ3) is 5.97. The zero-order valence-corrected chi connectivity index (χ0v) is 19.1. The minimum absolute atomic E-state index is 0.322. The topological polar surface area (TPSA) is 71.1 Å². The lowest BCUT2D eigenvalue weighted by Gasteiger charge is -2.24. The molecule has 0 saturated heterocycles. The third-order valence-corrected chi connectivity index (χ3v) is 5.56. The zero-order valence-electron chi connectivity index (χ0n) is 16.8. The average Bonchev–Trinajstić information content (AvgIpc) is 2.73. The molecule has 0 saturated carbocycles. The lowest BCUT2D eigenvalue weighted by Crippen LogP contribution is -2.41. The van der Waals surface area contributed by atoms with E-state index in [-0.39, 0.29) is 5.91 Å². The van der Waals surface area contributed by atoms with E-state index in [2.05, 4.69) is 15.6 Å². The van der Waals surface area contributed by atoms with Crippen LogP contribution in [0.5, 0.6) is 0 Å². The van der Waals surface area contributed by atoms with Gasteiger partial charge >= 0.3 is 0 Å². The predicted molar refractivity (Wildman–Crippen MR) is 123 cm³/mol. The Morgan fingerprint density at radius 3 is 2.29 bits per heavy atom. The number of nitrogens with zero attached hydrogens (tertiary/aromatic N) is 1. The summed E-state index contributed by atoms with van der Waals surface area (Å²) in [7, 11) is 0. The number of amides is 2. The van der Waals surface area contributed by atoms with E-state index in [1.807, 2.05) is 25.1 Å². The van der Waals surface area contributed by atoms with Crippen LogP contribution in [-0.2, 0) is 9.59 Å². The molecule has 0 aliphatic heterocycles. The third-order valence-electron chi connectivity index (χ3n) is 4.59. The quantitative estimate of drug-likeness (QED) is 0.498. The van der Waals surface area contributed by atoms with Gasteiger partial charge in [-0.3, -0.25) is 14.6 Å². The molecule has 0 spiro atoms. The van der Waals surface area contributed by atoms with E-state index in [9.17, 15) is 9.59 Å². The maximum Gasteiger partial charge on any atom is 0.248 e. The van der Waals surface area contributed by atoms with Gasteiger partial charge in [0.1, 0.15) is 6.04 Å². The van der Waals surface area contributed by atoms with Crippen molar-refractivity contribution in [3.63, 3.8) is 0 Å². The molecule has 8 heteroatoms. The maximum atomic E-state index is 13.3. The summed E-state index contributed by atoms with van der Waals surface area (Å²) in [6, 6.07) is 14.4. The maximum absolute atomic E-state index is 13.3. The number of carbonyl (C=O) groups excluding carboxylic acids is 2. The Kier molecular flexibility index (Phi) is 7.55. The van der Waals surface area contributed by atoms with Gasteiger partial charge in [0, 0.05) is 13.1 Å². The van der Waals surface area contributed by atoms with Crippen molar-refractivity contribution < 1.29 is 9.59 Å². The number of rotatable bonds is 6. The van der Waals surface area contributed by atoms with Gasteiger partial charge in [-0.05, 0) is 42.3 Å². The number of aryl methyl sites for hydroxylation is 1. The lowest BCUT2D eigenvalue weighted by atomic mass is 10.00. The van der Waals surface area contributed by atoms with E-state index in [0.29, 0.717) is 31.9 Å². The molecule has 2 aromatic carbocycles. The van der Waals surface area contributed by atoms with Crippen LogP contribution in [0.3, 0.4) is 0 Å². The van der Waals surface area contributed by atoms with E-state index < -0.39 is 18.0 Å². The van der Waals surface area contributed by atoms with Crippen molar-refractivity contribution in [2.24, 2.45) is 0 Å². The summed E-state index contributed by atoms with van der Waals surface area (Å²) >= 11 is 18.3. The Hall–Kier alpha value is -2.60. The van der Waals surface area contributed by atoms with E-state index in [1.54, 1.807) is 36.4 Å². The van der Waals surface area contributed by atoms with Gasteiger partial charge in [-0.1, -0.05) is 70.7 Å². The highest BCUT2D eigenvalue weighted by molar-refractivity contribution is 6.42. The molecule has 0 radical (unpaired) electrons. The van der Waals surface area contributed by atoms with Crippen LogP contribution in [0.2, 0.25) is 15.1 Å². The fourth-order valence-electron chi connectivity index (χ4n) is 3.16. The van der Waals surface area contributed by atoms with Crippen LogP contribution in [0.15, 0.2) is 60.8 Å².